The molecule has 0 bridgehead atoms. The summed E-state index contributed by atoms with van der Waals surface area (Å²) in [6.07, 6.45) is -4.43. The second kappa shape index (κ2) is 6.22. The second-order valence-electron chi connectivity index (χ2n) is 6.47. The van der Waals surface area contributed by atoms with Crippen molar-refractivity contribution in [1.82, 2.24) is 0 Å². The van der Waals surface area contributed by atoms with Crippen LogP contribution in [0.3, 0.4) is 0 Å². The topological polar surface area (TPSA) is 69.7 Å². The number of benzene rings is 2. The number of cyclic esters (lactones) is 2. The van der Waals surface area contributed by atoms with Crippen LogP contribution in [0, 0.1) is 0 Å². The molecule has 5 nitrogen and oxygen atoms in total. The molecular weight excluding hydrogens is 365 g/mol. The van der Waals surface area contributed by atoms with Crippen molar-refractivity contribution in [3.63, 3.8) is 0 Å². The van der Waals surface area contributed by atoms with Crippen LogP contribution in [0.25, 0.3) is 0 Å². The van der Waals surface area contributed by atoms with Crippen molar-refractivity contribution < 1.29 is 37.0 Å². The van der Waals surface area contributed by atoms with Crippen molar-refractivity contribution in [1.29, 1.82) is 0 Å². The SMILES string of the molecule is CC(C)(c1ccc(OC(=O)c2ccc3c(c2)C(=O)OC3=O)cc1)C(F)(F)F. The highest BCUT2D eigenvalue weighted by molar-refractivity contribution is 6.15. The first kappa shape index (κ1) is 18.6. The number of fused-ring (bicyclic) bond motifs is 1. The van der Waals surface area contributed by atoms with Crippen molar-refractivity contribution in [3.8, 4) is 5.75 Å². The molecule has 0 fully saturated rings. The summed E-state index contributed by atoms with van der Waals surface area (Å²) in [4.78, 5) is 35.1. The zero-order valence-corrected chi connectivity index (χ0v) is 14.2. The second-order valence-corrected chi connectivity index (χ2v) is 6.47. The lowest BCUT2D eigenvalue weighted by molar-refractivity contribution is -0.180. The van der Waals surface area contributed by atoms with E-state index in [1.165, 1.54) is 42.5 Å². The van der Waals surface area contributed by atoms with Crippen LogP contribution in [0.15, 0.2) is 42.5 Å². The maximum atomic E-state index is 13.1. The molecule has 0 N–H and O–H groups in total. The number of alkyl halides is 3. The van der Waals surface area contributed by atoms with Crippen molar-refractivity contribution in [2.24, 2.45) is 0 Å². The number of esters is 3. The first-order chi connectivity index (χ1) is 12.5. The van der Waals surface area contributed by atoms with Gasteiger partial charge in [0.2, 0.25) is 0 Å². The highest BCUT2D eigenvalue weighted by Gasteiger charge is 2.48. The van der Waals surface area contributed by atoms with Gasteiger partial charge in [-0.2, -0.15) is 13.2 Å². The quantitative estimate of drug-likeness (QED) is 0.458. The number of halogens is 3. The van der Waals surface area contributed by atoms with E-state index < -0.39 is 29.5 Å². The van der Waals surface area contributed by atoms with Gasteiger partial charge >= 0.3 is 24.1 Å². The van der Waals surface area contributed by atoms with E-state index in [0.717, 1.165) is 13.8 Å². The molecule has 1 heterocycles. The summed E-state index contributed by atoms with van der Waals surface area (Å²) in [6, 6.07) is 8.71. The number of hydrogen-bond acceptors (Lipinski definition) is 5. The maximum Gasteiger partial charge on any atom is 0.397 e. The average Bonchev–Trinajstić information content (AvgIpc) is 2.88. The van der Waals surface area contributed by atoms with Crippen molar-refractivity contribution in [2.45, 2.75) is 25.4 Å². The van der Waals surface area contributed by atoms with Gasteiger partial charge in [0.05, 0.1) is 22.1 Å². The van der Waals surface area contributed by atoms with Crippen molar-refractivity contribution in [3.05, 3.63) is 64.7 Å². The molecule has 2 aromatic rings. The first-order valence-corrected chi connectivity index (χ1v) is 7.81. The zero-order chi connectivity index (χ0) is 20.0. The number of ether oxygens (including phenoxy) is 2. The Morgan fingerprint density at radius 2 is 1.52 bits per heavy atom. The summed E-state index contributed by atoms with van der Waals surface area (Å²) in [5, 5.41) is 0. The molecule has 1 aliphatic rings. The van der Waals surface area contributed by atoms with Crippen LogP contribution in [0.2, 0.25) is 0 Å². The highest BCUT2D eigenvalue weighted by Crippen LogP contribution is 2.40. The van der Waals surface area contributed by atoms with Gasteiger partial charge in [-0.05, 0) is 49.7 Å². The van der Waals surface area contributed by atoms with Crippen molar-refractivity contribution >= 4 is 17.9 Å². The summed E-state index contributed by atoms with van der Waals surface area (Å²) in [5.41, 5.74) is -2.02. The number of carbonyl (C=O) groups is 3. The van der Waals surface area contributed by atoms with Gasteiger partial charge in [-0.15, -0.1) is 0 Å². The summed E-state index contributed by atoms with van der Waals surface area (Å²) >= 11 is 0. The van der Waals surface area contributed by atoms with E-state index in [1.807, 2.05) is 0 Å². The Morgan fingerprint density at radius 3 is 2.11 bits per heavy atom. The molecule has 3 rings (SSSR count). The third-order valence-corrected chi connectivity index (χ3v) is 4.38. The molecule has 0 spiro atoms. The van der Waals surface area contributed by atoms with Gasteiger partial charge in [0, 0.05) is 0 Å². The fourth-order valence-corrected chi connectivity index (χ4v) is 2.48. The van der Waals surface area contributed by atoms with Crippen LogP contribution in [0.4, 0.5) is 13.2 Å². The highest BCUT2D eigenvalue weighted by atomic mass is 19.4. The van der Waals surface area contributed by atoms with Gasteiger partial charge in [-0.1, -0.05) is 12.1 Å². The fraction of sp³-hybridized carbons (Fsp3) is 0.211. The Kier molecular flexibility index (Phi) is 4.29. The van der Waals surface area contributed by atoms with E-state index in [-0.39, 0.29) is 28.0 Å². The summed E-state index contributed by atoms with van der Waals surface area (Å²) in [5.74, 6) is -2.44. The maximum absolute atomic E-state index is 13.1. The van der Waals surface area contributed by atoms with Crippen molar-refractivity contribution in [2.75, 3.05) is 0 Å². The molecule has 0 aromatic heterocycles. The lowest BCUT2D eigenvalue weighted by Gasteiger charge is -2.28. The molecule has 0 saturated heterocycles. The summed E-state index contributed by atoms with van der Waals surface area (Å²) in [7, 11) is 0. The third kappa shape index (κ3) is 3.30. The standard InChI is InChI=1S/C19H13F3O5/c1-18(2,19(20,21)22)11-4-6-12(7-5-11)26-15(23)10-3-8-13-14(9-10)17(25)27-16(13)24/h3-9H,1-2H3. The van der Waals surface area contributed by atoms with Gasteiger partial charge in [-0.3, -0.25) is 0 Å². The van der Waals surface area contributed by atoms with Crippen LogP contribution < -0.4 is 4.74 Å². The van der Waals surface area contributed by atoms with Crippen LogP contribution in [0.5, 0.6) is 5.75 Å². The molecule has 0 unspecified atom stereocenters. The minimum Gasteiger partial charge on any atom is -0.423 e. The molecule has 0 saturated carbocycles. The van der Waals surface area contributed by atoms with Crippen LogP contribution in [-0.2, 0) is 10.2 Å². The molecule has 0 atom stereocenters. The Bertz CT molecular complexity index is 943. The summed E-state index contributed by atoms with van der Waals surface area (Å²) < 4.78 is 48.8. The summed E-state index contributed by atoms with van der Waals surface area (Å²) in [6.45, 7) is 2.11. The lowest BCUT2D eigenvalue weighted by atomic mass is 9.84. The van der Waals surface area contributed by atoms with Crippen LogP contribution in [0.1, 0.15) is 50.5 Å². The molecule has 0 radical (unpaired) electrons. The van der Waals surface area contributed by atoms with Gasteiger partial charge in [0.15, 0.2) is 0 Å². The number of hydrogen-bond donors (Lipinski definition) is 0. The fourth-order valence-electron chi connectivity index (χ4n) is 2.48. The number of carbonyl (C=O) groups excluding carboxylic acids is 3. The zero-order valence-electron chi connectivity index (χ0n) is 14.2. The smallest absolute Gasteiger partial charge is 0.397 e. The van der Waals surface area contributed by atoms with E-state index in [9.17, 15) is 27.6 Å². The Hall–Kier alpha value is -3.16. The van der Waals surface area contributed by atoms with E-state index in [2.05, 4.69) is 4.74 Å². The van der Waals surface area contributed by atoms with Gasteiger partial charge in [-0.25, -0.2) is 14.4 Å². The Balaban J connectivity index is 1.79. The van der Waals surface area contributed by atoms with E-state index in [0.29, 0.717) is 0 Å². The monoisotopic (exact) mass is 378 g/mol. The van der Waals surface area contributed by atoms with E-state index >= 15 is 0 Å². The third-order valence-electron chi connectivity index (χ3n) is 4.38. The van der Waals surface area contributed by atoms with Crippen LogP contribution in [-0.4, -0.2) is 24.1 Å². The largest absolute Gasteiger partial charge is 0.423 e. The van der Waals surface area contributed by atoms with E-state index in [1.54, 1.807) is 0 Å². The minimum atomic E-state index is -4.43. The predicted octanol–water partition coefficient (Wildman–Crippen LogP) is 4.06. The first-order valence-electron chi connectivity index (χ1n) is 7.81. The molecule has 0 aliphatic carbocycles. The molecule has 8 heteroatoms. The van der Waals surface area contributed by atoms with Crippen LogP contribution >= 0.6 is 0 Å². The molecule has 27 heavy (non-hydrogen) atoms. The van der Waals surface area contributed by atoms with Gasteiger partial charge in [0.25, 0.3) is 0 Å². The molecule has 2 aromatic carbocycles. The Labute approximate surface area is 151 Å². The molecule has 1 aliphatic heterocycles. The van der Waals surface area contributed by atoms with E-state index in [4.69, 9.17) is 4.74 Å². The minimum absolute atomic E-state index is 0.0000907. The molecule has 0 amide bonds. The lowest BCUT2D eigenvalue weighted by Crippen LogP contribution is -2.36. The van der Waals surface area contributed by atoms with Gasteiger partial charge in [0.1, 0.15) is 5.75 Å². The molecule has 140 valence electrons. The Morgan fingerprint density at radius 1 is 0.926 bits per heavy atom. The normalized spacial score (nSPS) is 14.0. The number of rotatable bonds is 3. The average molecular weight is 378 g/mol. The molecular formula is C19H13F3O5. The predicted molar refractivity (Wildman–Crippen MR) is 86.7 cm³/mol. The van der Waals surface area contributed by atoms with Gasteiger partial charge < -0.3 is 9.47 Å².